The van der Waals surface area contributed by atoms with Gasteiger partial charge in [0.1, 0.15) is 11.5 Å². The lowest BCUT2D eigenvalue weighted by atomic mass is 10.1. The van der Waals surface area contributed by atoms with Crippen molar-refractivity contribution in [2.24, 2.45) is 0 Å². The standard InChI is InChI=1S/C25H20ClF2N3O3S/c1-33-20-9-5-16(6-10-20)22-14-29-25(31(22)19-7-11-21(12-8-19)34-24(27)28)35-15-23(32)30-18-4-2-3-17(26)13-18/h2-14,24H,15H2,1H3,(H,30,32). The molecule has 6 nitrogen and oxygen atoms in total. The first-order chi connectivity index (χ1) is 16.9. The Labute approximate surface area is 209 Å². The van der Waals surface area contributed by atoms with E-state index >= 15 is 0 Å². The number of amides is 1. The Hall–Kier alpha value is -3.56. The highest BCUT2D eigenvalue weighted by Gasteiger charge is 2.16. The molecule has 35 heavy (non-hydrogen) atoms. The van der Waals surface area contributed by atoms with E-state index < -0.39 is 6.61 Å². The van der Waals surface area contributed by atoms with Crippen LogP contribution in [-0.2, 0) is 4.79 Å². The van der Waals surface area contributed by atoms with Crippen LogP contribution in [0.25, 0.3) is 16.9 Å². The normalized spacial score (nSPS) is 10.9. The van der Waals surface area contributed by atoms with Gasteiger partial charge >= 0.3 is 6.61 Å². The Kier molecular flexibility index (Phi) is 7.89. The van der Waals surface area contributed by atoms with Crippen LogP contribution in [0.1, 0.15) is 0 Å². The summed E-state index contributed by atoms with van der Waals surface area (Å²) in [6.45, 7) is -2.91. The number of rotatable bonds is 9. The predicted octanol–water partition coefficient (Wildman–Crippen LogP) is 6.53. The van der Waals surface area contributed by atoms with Crippen LogP contribution in [0.15, 0.2) is 84.1 Å². The molecule has 0 aliphatic heterocycles. The van der Waals surface area contributed by atoms with Crippen molar-refractivity contribution in [2.45, 2.75) is 11.8 Å². The topological polar surface area (TPSA) is 65.4 Å². The molecule has 0 saturated heterocycles. The van der Waals surface area contributed by atoms with Gasteiger partial charge in [0.25, 0.3) is 0 Å². The number of alkyl halides is 2. The lowest BCUT2D eigenvalue weighted by molar-refractivity contribution is -0.113. The van der Waals surface area contributed by atoms with Gasteiger partial charge in [-0.05, 0) is 66.7 Å². The van der Waals surface area contributed by atoms with Gasteiger partial charge in [-0.15, -0.1) is 0 Å². The number of aromatic nitrogens is 2. The molecule has 1 amide bonds. The zero-order chi connectivity index (χ0) is 24.8. The number of hydrogen-bond acceptors (Lipinski definition) is 5. The van der Waals surface area contributed by atoms with Crippen molar-refractivity contribution in [1.29, 1.82) is 0 Å². The average molecular weight is 516 g/mol. The molecule has 0 unspecified atom stereocenters. The summed E-state index contributed by atoms with van der Waals surface area (Å²) in [5.74, 6) is 0.627. The first kappa shape index (κ1) is 24.6. The number of halogens is 3. The second-order valence-electron chi connectivity index (χ2n) is 7.21. The molecule has 0 atom stereocenters. The van der Waals surface area contributed by atoms with Crippen molar-refractivity contribution in [1.82, 2.24) is 9.55 Å². The second kappa shape index (κ2) is 11.2. The Morgan fingerprint density at radius 2 is 1.80 bits per heavy atom. The predicted molar refractivity (Wildman–Crippen MR) is 133 cm³/mol. The van der Waals surface area contributed by atoms with Crippen molar-refractivity contribution in [3.63, 3.8) is 0 Å². The molecule has 1 N–H and O–H groups in total. The zero-order valence-corrected chi connectivity index (χ0v) is 20.0. The van der Waals surface area contributed by atoms with E-state index in [9.17, 15) is 13.6 Å². The summed E-state index contributed by atoms with van der Waals surface area (Å²) in [5.41, 5.74) is 2.89. The summed E-state index contributed by atoms with van der Waals surface area (Å²) >= 11 is 7.22. The number of ether oxygens (including phenoxy) is 2. The average Bonchev–Trinajstić information content (AvgIpc) is 3.27. The second-order valence-corrected chi connectivity index (χ2v) is 8.59. The maximum absolute atomic E-state index is 12.6. The fourth-order valence-corrected chi connectivity index (χ4v) is 4.30. The molecule has 0 saturated carbocycles. The van der Waals surface area contributed by atoms with Gasteiger partial charge in [-0.25, -0.2) is 4.98 Å². The summed E-state index contributed by atoms with van der Waals surface area (Å²) in [7, 11) is 1.59. The number of nitrogens with zero attached hydrogens (tertiary/aromatic N) is 2. The van der Waals surface area contributed by atoms with Gasteiger partial charge in [0, 0.05) is 22.0 Å². The molecule has 1 heterocycles. The molecule has 1 aromatic heterocycles. The molecular formula is C25H20ClF2N3O3S. The van der Waals surface area contributed by atoms with E-state index in [0.29, 0.717) is 27.3 Å². The number of anilines is 1. The van der Waals surface area contributed by atoms with Gasteiger partial charge in [0.15, 0.2) is 5.16 Å². The summed E-state index contributed by atoms with van der Waals surface area (Å²) in [6, 6.07) is 20.6. The lowest BCUT2D eigenvalue weighted by Crippen LogP contribution is -2.14. The molecular weight excluding hydrogens is 496 g/mol. The fourth-order valence-electron chi connectivity index (χ4n) is 3.32. The number of nitrogens with one attached hydrogen (secondary N) is 1. The molecule has 180 valence electrons. The summed E-state index contributed by atoms with van der Waals surface area (Å²) < 4.78 is 36.7. The third kappa shape index (κ3) is 6.32. The Bertz CT molecular complexity index is 1300. The van der Waals surface area contributed by atoms with E-state index in [1.165, 1.54) is 23.9 Å². The molecule has 3 aromatic carbocycles. The van der Waals surface area contributed by atoms with Gasteiger partial charge in [-0.3, -0.25) is 9.36 Å². The SMILES string of the molecule is COc1ccc(-c2cnc(SCC(=O)Nc3cccc(Cl)c3)n2-c2ccc(OC(F)F)cc2)cc1. The van der Waals surface area contributed by atoms with E-state index in [4.69, 9.17) is 16.3 Å². The van der Waals surface area contributed by atoms with Gasteiger partial charge in [0.05, 0.1) is 24.8 Å². The summed E-state index contributed by atoms with van der Waals surface area (Å²) in [5, 5.41) is 3.88. The van der Waals surface area contributed by atoms with Crippen molar-refractivity contribution in [3.05, 3.63) is 84.0 Å². The lowest BCUT2D eigenvalue weighted by Gasteiger charge is -2.13. The van der Waals surface area contributed by atoms with Gasteiger partial charge in [-0.2, -0.15) is 8.78 Å². The quantitative estimate of drug-likeness (QED) is 0.257. The minimum absolute atomic E-state index is 0.0463. The Morgan fingerprint density at radius 3 is 2.46 bits per heavy atom. The number of carbonyl (C=O) groups excluding carboxylic acids is 1. The Morgan fingerprint density at radius 1 is 1.09 bits per heavy atom. The number of benzene rings is 3. The maximum Gasteiger partial charge on any atom is 0.387 e. The van der Waals surface area contributed by atoms with Gasteiger partial charge in [-0.1, -0.05) is 29.4 Å². The number of hydrogen-bond donors (Lipinski definition) is 1. The highest BCUT2D eigenvalue weighted by molar-refractivity contribution is 7.99. The van der Waals surface area contributed by atoms with Crippen LogP contribution in [0.3, 0.4) is 0 Å². The smallest absolute Gasteiger partial charge is 0.387 e. The van der Waals surface area contributed by atoms with Crippen LogP contribution >= 0.6 is 23.4 Å². The highest BCUT2D eigenvalue weighted by Crippen LogP contribution is 2.32. The van der Waals surface area contributed by atoms with Gasteiger partial charge in [0.2, 0.25) is 5.91 Å². The molecule has 10 heteroatoms. The molecule has 4 rings (SSSR count). The van der Waals surface area contributed by atoms with Crippen LogP contribution in [0.2, 0.25) is 5.02 Å². The minimum atomic E-state index is -2.91. The van der Waals surface area contributed by atoms with Crippen LogP contribution in [0, 0.1) is 0 Å². The molecule has 0 fully saturated rings. The molecule has 0 aliphatic carbocycles. The molecule has 0 spiro atoms. The van der Waals surface area contributed by atoms with E-state index in [0.717, 1.165) is 11.3 Å². The molecule has 0 aliphatic rings. The first-order valence-electron chi connectivity index (χ1n) is 10.4. The Balaban J connectivity index is 1.61. The molecule has 0 bridgehead atoms. The number of carbonyl (C=O) groups is 1. The summed E-state index contributed by atoms with van der Waals surface area (Å²) in [4.78, 5) is 17.0. The zero-order valence-electron chi connectivity index (χ0n) is 18.5. The summed E-state index contributed by atoms with van der Waals surface area (Å²) in [6.07, 6.45) is 1.70. The molecule has 4 aromatic rings. The van der Waals surface area contributed by atoms with Crippen LogP contribution < -0.4 is 14.8 Å². The van der Waals surface area contributed by atoms with Crippen molar-refractivity contribution in [2.75, 3.05) is 18.2 Å². The third-order valence-corrected chi connectivity index (χ3v) is 6.06. The fraction of sp³-hybridized carbons (Fsp3) is 0.120. The molecule has 0 radical (unpaired) electrons. The number of methoxy groups -OCH3 is 1. The monoisotopic (exact) mass is 515 g/mol. The van der Waals surface area contributed by atoms with Crippen molar-refractivity contribution < 1.29 is 23.0 Å². The highest BCUT2D eigenvalue weighted by atomic mass is 35.5. The van der Waals surface area contributed by atoms with Crippen LogP contribution in [-0.4, -0.2) is 34.9 Å². The number of imidazole rings is 1. The largest absolute Gasteiger partial charge is 0.497 e. The first-order valence-corrected chi connectivity index (χ1v) is 11.7. The van der Waals surface area contributed by atoms with Crippen LogP contribution in [0.4, 0.5) is 14.5 Å². The van der Waals surface area contributed by atoms with E-state index in [1.807, 2.05) is 28.8 Å². The van der Waals surface area contributed by atoms with E-state index in [2.05, 4.69) is 15.0 Å². The van der Waals surface area contributed by atoms with E-state index in [1.54, 1.807) is 49.7 Å². The van der Waals surface area contributed by atoms with Crippen molar-refractivity contribution >= 4 is 35.0 Å². The van der Waals surface area contributed by atoms with Crippen LogP contribution in [0.5, 0.6) is 11.5 Å². The maximum atomic E-state index is 12.6. The number of thioether (sulfide) groups is 1. The van der Waals surface area contributed by atoms with Crippen molar-refractivity contribution in [3.8, 4) is 28.4 Å². The minimum Gasteiger partial charge on any atom is -0.497 e. The van der Waals surface area contributed by atoms with E-state index in [-0.39, 0.29) is 17.4 Å². The van der Waals surface area contributed by atoms with Gasteiger partial charge < -0.3 is 14.8 Å². The third-order valence-electron chi connectivity index (χ3n) is 4.88.